The van der Waals surface area contributed by atoms with Crippen molar-refractivity contribution in [2.24, 2.45) is 0 Å². The van der Waals surface area contributed by atoms with Gasteiger partial charge in [-0.3, -0.25) is 0 Å². The average Bonchev–Trinajstić information content (AvgIpc) is 2.72. The van der Waals surface area contributed by atoms with Gasteiger partial charge in [0.05, 0.1) is 19.2 Å². The normalized spacial score (nSPS) is 18.1. The van der Waals surface area contributed by atoms with Gasteiger partial charge in [-0.1, -0.05) is 6.07 Å². The minimum atomic E-state index is -4.33. The zero-order valence-electron chi connectivity index (χ0n) is 10.5. The number of anilines is 1. The fraction of sp³-hybridized carbons (Fsp3) is 0.417. The Morgan fingerprint density at radius 2 is 2.15 bits per heavy atom. The summed E-state index contributed by atoms with van der Waals surface area (Å²) in [6, 6.07) is 2.65. The molecule has 0 saturated heterocycles. The van der Waals surface area contributed by atoms with Crippen LogP contribution in [-0.2, 0) is 9.53 Å². The second kappa shape index (κ2) is 5.28. The maximum absolute atomic E-state index is 13.2. The number of methoxy groups -OCH3 is 1. The van der Waals surface area contributed by atoms with E-state index in [-0.39, 0.29) is 5.69 Å². The molecule has 110 valence electrons. The summed E-state index contributed by atoms with van der Waals surface area (Å²) < 4.78 is 54.6. The molecule has 1 aliphatic heterocycles. The van der Waals surface area contributed by atoms with Crippen LogP contribution in [0.3, 0.4) is 0 Å². The molecule has 4 nitrogen and oxygen atoms in total. The van der Waals surface area contributed by atoms with Crippen molar-refractivity contribution in [1.29, 1.82) is 0 Å². The van der Waals surface area contributed by atoms with E-state index >= 15 is 0 Å². The van der Waals surface area contributed by atoms with Crippen LogP contribution in [-0.4, -0.2) is 25.8 Å². The lowest BCUT2D eigenvalue weighted by molar-refractivity contribution is -0.143. The number of alkyl halides is 3. The van der Waals surface area contributed by atoms with Gasteiger partial charge in [0.2, 0.25) is 0 Å². The van der Waals surface area contributed by atoms with Crippen LogP contribution in [0.4, 0.5) is 23.2 Å². The molecule has 8 heteroatoms. The van der Waals surface area contributed by atoms with Crippen LogP contribution in [0, 0.1) is 5.82 Å². The van der Waals surface area contributed by atoms with Gasteiger partial charge < -0.3 is 9.75 Å². The molecule has 1 N–H and O–H groups in total. The topological polar surface area (TPSA) is 41.6 Å². The van der Waals surface area contributed by atoms with E-state index in [1.54, 1.807) is 0 Å². The van der Waals surface area contributed by atoms with Crippen molar-refractivity contribution in [3.63, 3.8) is 0 Å². The Balaban J connectivity index is 2.25. The molecule has 1 unspecified atom stereocenters. The van der Waals surface area contributed by atoms with Crippen molar-refractivity contribution in [3.05, 3.63) is 29.6 Å². The number of benzene rings is 1. The second-order valence-corrected chi connectivity index (χ2v) is 4.31. The molecule has 0 saturated carbocycles. The van der Waals surface area contributed by atoms with Crippen LogP contribution in [0.1, 0.15) is 18.0 Å². The Labute approximate surface area is 112 Å². The summed E-state index contributed by atoms with van der Waals surface area (Å²) in [6.45, 7) is -0.423. The van der Waals surface area contributed by atoms with Gasteiger partial charge in [-0.15, -0.1) is 0 Å². The standard InChI is InChI=1S/C12H12F4N2O2/c1-20-11(19)10-8-3-2-7(13)6-9(8)18(17-10)5-4-12(14,15)16/h2-3,6,10,17H,4-5H2,1H3. The molecule has 0 amide bonds. The number of fused-ring (bicyclic) bond motifs is 1. The third-order valence-electron chi connectivity index (χ3n) is 2.93. The maximum Gasteiger partial charge on any atom is 0.390 e. The summed E-state index contributed by atoms with van der Waals surface area (Å²) in [7, 11) is 1.17. The number of nitrogens with one attached hydrogen (secondary N) is 1. The van der Waals surface area contributed by atoms with E-state index in [4.69, 9.17) is 0 Å². The largest absolute Gasteiger partial charge is 0.468 e. The molecule has 1 aliphatic rings. The number of hydrogen-bond acceptors (Lipinski definition) is 4. The predicted molar refractivity (Wildman–Crippen MR) is 62.3 cm³/mol. The zero-order chi connectivity index (χ0) is 14.9. The highest BCUT2D eigenvalue weighted by Crippen LogP contribution is 2.35. The van der Waals surface area contributed by atoms with Crippen molar-refractivity contribution in [2.45, 2.75) is 18.6 Å². The van der Waals surface area contributed by atoms with Crippen LogP contribution in [0.5, 0.6) is 0 Å². The van der Waals surface area contributed by atoms with Gasteiger partial charge in [-0.2, -0.15) is 13.2 Å². The number of carbonyl (C=O) groups is 1. The summed E-state index contributed by atoms with van der Waals surface area (Å²) in [4.78, 5) is 11.6. The van der Waals surface area contributed by atoms with Gasteiger partial charge in [0.1, 0.15) is 5.82 Å². The molecular weight excluding hydrogens is 280 g/mol. The average molecular weight is 292 g/mol. The van der Waals surface area contributed by atoms with Crippen molar-refractivity contribution >= 4 is 11.7 Å². The third-order valence-corrected chi connectivity index (χ3v) is 2.93. The molecule has 1 atom stereocenters. The second-order valence-electron chi connectivity index (χ2n) is 4.31. The molecule has 0 fully saturated rings. The first-order valence-electron chi connectivity index (χ1n) is 5.79. The van der Waals surface area contributed by atoms with Crippen LogP contribution >= 0.6 is 0 Å². The van der Waals surface area contributed by atoms with Gasteiger partial charge in [0.15, 0.2) is 6.04 Å². The maximum atomic E-state index is 13.2. The highest BCUT2D eigenvalue weighted by molar-refractivity contribution is 5.82. The van der Waals surface area contributed by atoms with Crippen LogP contribution in [0.15, 0.2) is 18.2 Å². The SMILES string of the molecule is COC(=O)C1NN(CCC(F)(F)F)c2cc(F)ccc21. The van der Waals surface area contributed by atoms with Crippen molar-refractivity contribution in [1.82, 2.24) is 5.43 Å². The van der Waals surface area contributed by atoms with E-state index in [0.29, 0.717) is 5.56 Å². The number of rotatable bonds is 3. The lowest BCUT2D eigenvalue weighted by atomic mass is 10.1. The van der Waals surface area contributed by atoms with E-state index < -0.39 is 37.0 Å². The summed E-state index contributed by atoms with van der Waals surface area (Å²) in [5.41, 5.74) is 3.20. The quantitative estimate of drug-likeness (QED) is 0.686. The molecule has 0 aromatic heterocycles. The van der Waals surface area contributed by atoms with Crippen molar-refractivity contribution in [2.75, 3.05) is 18.7 Å². The van der Waals surface area contributed by atoms with Gasteiger partial charge in [-0.25, -0.2) is 14.6 Å². The number of esters is 1. The van der Waals surface area contributed by atoms with Gasteiger partial charge in [-0.05, 0) is 12.1 Å². The first-order chi connectivity index (χ1) is 9.31. The summed E-state index contributed by atoms with van der Waals surface area (Å²) in [6.07, 6.45) is -5.41. The number of hydrogen-bond donors (Lipinski definition) is 1. The lowest BCUT2D eigenvalue weighted by Gasteiger charge is -2.21. The van der Waals surface area contributed by atoms with Crippen LogP contribution < -0.4 is 10.4 Å². The summed E-state index contributed by atoms with van der Waals surface area (Å²) in [5.74, 6) is -1.24. The molecule has 1 aromatic rings. The molecule has 0 spiro atoms. The smallest absolute Gasteiger partial charge is 0.390 e. The first kappa shape index (κ1) is 14.6. The molecule has 0 bridgehead atoms. The van der Waals surface area contributed by atoms with Crippen molar-refractivity contribution in [3.8, 4) is 0 Å². The number of halogens is 4. The Bertz CT molecular complexity index is 519. The molecule has 0 aliphatic carbocycles. The number of carbonyl (C=O) groups excluding carboxylic acids is 1. The number of hydrazine groups is 1. The highest BCUT2D eigenvalue weighted by Gasteiger charge is 2.36. The lowest BCUT2D eigenvalue weighted by Crippen LogP contribution is -2.39. The van der Waals surface area contributed by atoms with E-state index in [1.807, 2.05) is 0 Å². The fourth-order valence-electron chi connectivity index (χ4n) is 2.01. The summed E-state index contributed by atoms with van der Waals surface area (Å²) >= 11 is 0. The van der Waals surface area contributed by atoms with E-state index in [9.17, 15) is 22.4 Å². The monoisotopic (exact) mass is 292 g/mol. The fourth-order valence-corrected chi connectivity index (χ4v) is 2.01. The molecular formula is C12H12F4N2O2. The highest BCUT2D eigenvalue weighted by atomic mass is 19.4. The van der Waals surface area contributed by atoms with E-state index in [1.165, 1.54) is 13.2 Å². The molecule has 0 radical (unpaired) electrons. The molecule has 1 aromatic carbocycles. The molecule has 2 rings (SSSR count). The zero-order valence-corrected chi connectivity index (χ0v) is 10.5. The van der Waals surface area contributed by atoms with Gasteiger partial charge in [0, 0.05) is 12.1 Å². The molecule has 1 heterocycles. The van der Waals surface area contributed by atoms with Crippen LogP contribution in [0.2, 0.25) is 0 Å². The Hall–Kier alpha value is -1.83. The number of nitrogens with zero attached hydrogens (tertiary/aromatic N) is 1. The van der Waals surface area contributed by atoms with Crippen LogP contribution in [0.25, 0.3) is 0 Å². The van der Waals surface area contributed by atoms with E-state index in [2.05, 4.69) is 10.2 Å². The Kier molecular flexibility index (Phi) is 3.85. The van der Waals surface area contributed by atoms with E-state index in [0.717, 1.165) is 17.1 Å². The first-order valence-corrected chi connectivity index (χ1v) is 5.79. The minimum Gasteiger partial charge on any atom is -0.468 e. The Morgan fingerprint density at radius 1 is 1.45 bits per heavy atom. The number of ether oxygens (including phenoxy) is 1. The van der Waals surface area contributed by atoms with Gasteiger partial charge in [0.25, 0.3) is 0 Å². The molecule has 20 heavy (non-hydrogen) atoms. The predicted octanol–water partition coefficient (Wildman–Crippen LogP) is 2.32. The third kappa shape index (κ3) is 3.01. The summed E-state index contributed by atoms with van der Waals surface area (Å²) in [5, 5.41) is 1.12. The minimum absolute atomic E-state index is 0.213. The van der Waals surface area contributed by atoms with Crippen molar-refractivity contribution < 1.29 is 27.1 Å². The Morgan fingerprint density at radius 3 is 2.75 bits per heavy atom. The van der Waals surface area contributed by atoms with Gasteiger partial charge >= 0.3 is 12.1 Å².